The molecule has 1 atom stereocenters. The predicted molar refractivity (Wildman–Crippen MR) is 71.8 cm³/mol. The highest BCUT2D eigenvalue weighted by molar-refractivity contribution is 5.14. The topological polar surface area (TPSA) is 50.5 Å². The predicted octanol–water partition coefficient (Wildman–Crippen LogP) is 1.10. The number of hydrogen-bond acceptors (Lipinski definition) is 4. The van der Waals surface area contributed by atoms with Crippen molar-refractivity contribution in [3.8, 4) is 0 Å². The lowest BCUT2D eigenvalue weighted by molar-refractivity contribution is -0.0796. The van der Waals surface area contributed by atoms with Crippen LogP contribution in [0.4, 0.5) is 0 Å². The van der Waals surface area contributed by atoms with Crippen molar-refractivity contribution in [2.24, 2.45) is 7.05 Å². The minimum Gasteiger partial charge on any atom is -0.385 e. The summed E-state index contributed by atoms with van der Waals surface area (Å²) in [5.74, 6) is 0. The maximum Gasteiger partial charge on any atom is 0.114 e. The zero-order chi connectivity index (χ0) is 13.3. The molecule has 1 aromatic heterocycles. The Kier molecular flexibility index (Phi) is 3.60. The second-order valence-corrected chi connectivity index (χ2v) is 5.69. The van der Waals surface area contributed by atoms with Gasteiger partial charge in [-0.1, -0.05) is 12.8 Å². The molecule has 1 aromatic rings. The number of aromatic nitrogens is 2. The molecule has 1 saturated heterocycles. The molecule has 106 valence electrons. The van der Waals surface area contributed by atoms with E-state index in [4.69, 9.17) is 4.74 Å². The van der Waals surface area contributed by atoms with Crippen molar-refractivity contribution in [2.75, 3.05) is 26.3 Å². The highest BCUT2D eigenvalue weighted by Gasteiger charge is 2.47. The second-order valence-electron chi connectivity index (χ2n) is 5.69. The Hall–Kier alpha value is -0.910. The highest BCUT2D eigenvalue weighted by Crippen LogP contribution is 2.44. The Balaban J connectivity index is 1.89. The van der Waals surface area contributed by atoms with Crippen LogP contribution in [0.25, 0.3) is 0 Å². The molecule has 1 N–H and O–H groups in total. The molecule has 3 rings (SSSR count). The van der Waals surface area contributed by atoms with Crippen molar-refractivity contribution in [3.63, 3.8) is 0 Å². The van der Waals surface area contributed by atoms with Gasteiger partial charge in [0.2, 0.25) is 0 Å². The Morgan fingerprint density at radius 1 is 1.32 bits per heavy atom. The summed E-state index contributed by atoms with van der Waals surface area (Å²) in [6.45, 7) is 3.41. The Morgan fingerprint density at radius 2 is 2.00 bits per heavy atom. The Morgan fingerprint density at radius 3 is 2.58 bits per heavy atom. The first-order valence-corrected chi connectivity index (χ1v) is 7.23. The number of ether oxygens (including phenoxy) is 1. The molecule has 19 heavy (non-hydrogen) atoms. The number of aliphatic hydroxyl groups excluding tert-OH is 1. The van der Waals surface area contributed by atoms with Crippen molar-refractivity contribution < 1.29 is 9.84 Å². The van der Waals surface area contributed by atoms with Crippen LogP contribution in [0.15, 0.2) is 12.3 Å². The Bertz CT molecular complexity index is 420. The molecule has 5 heteroatoms. The molecule has 0 bridgehead atoms. The molecule has 0 amide bonds. The zero-order valence-corrected chi connectivity index (χ0v) is 11.6. The van der Waals surface area contributed by atoms with Gasteiger partial charge in [0.05, 0.1) is 24.4 Å². The largest absolute Gasteiger partial charge is 0.385 e. The van der Waals surface area contributed by atoms with E-state index in [-0.39, 0.29) is 5.54 Å². The third kappa shape index (κ3) is 2.20. The fourth-order valence-electron chi connectivity index (χ4n) is 3.69. The van der Waals surface area contributed by atoms with Crippen LogP contribution in [-0.4, -0.2) is 51.6 Å². The molecule has 1 aliphatic carbocycles. The van der Waals surface area contributed by atoms with E-state index >= 15 is 0 Å². The van der Waals surface area contributed by atoms with Crippen LogP contribution >= 0.6 is 0 Å². The molecule has 0 spiro atoms. The normalized spacial score (nSPS) is 25.6. The number of hydrogen-bond donors (Lipinski definition) is 1. The van der Waals surface area contributed by atoms with Crippen molar-refractivity contribution in [2.45, 2.75) is 37.3 Å². The van der Waals surface area contributed by atoms with Crippen molar-refractivity contribution >= 4 is 0 Å². The lowest BCUT2D eigenvalue weighted by atomic mass is 9.86. The van der Waals surface area contributed by atoms with E-state index in [9.17, 15) is 5.11 Å². The van der Waals surface area contributed by atoms with Gasteiger partial charge in [-0.15, -0.1) is 0 Å². The SMILES string of the molecule is Cn1nccc1C(O)C1(N2CCOCC2)CCCC1. The van der Waals surface area contributed by atoms with Crippen molar-refractivity contribution in [1.29, 1.82) is 0 Å². The minimum absolute atomic E-state index is 0.114. The molecule has 0 radical (unpaired) electrons. The van der Waals surface area contributed by atoms with Gasteiger partial charge in [0.15, 0.2) is 0 Å². The molecule has 5 nitrogen and oxygen atoms in total. The highest BCUT2D eigenvalue weighted by atomic mass is 16.5. The summed E-state index contributed by atoms with van der Waals surface area (Å²) in [6.07, 6.45) is 5.85. The van der Waals surface area contributed by atoms with Gasteiger partial charge in [-0.3, -0.25) is 9.58 Å². The smallest absolute Gasteiger partial charge is 0.114 e. The quantitative estimate of drug-likeness (QED) is 0.889. The molecule has 2 aliphatic rings. The second kappa shape index (κ2) is 5.23. The maximum atomic E-state index is 10.9. The van der Waals surface area contributed by atoms with Gasteiger partial charge in [0.1, 0.15) is 6.10 Å². The van der Waals surface area contributed by atoms with Crippen LogP contribution in [0, 0.1) is 0 Å². The molecule has 1 saturated carbocycles. The summed E-state index contributed by atoms with van der Waals surface area (Å²) in [4.78, 5) is 2.45. The van der Waals surface area contributed by atoms with E-state index in [1.54, 1.807) is 10.9 Å². The number of nitrogens with zero attached hydrogens (tertiary/aromatic N) is 3. The molecular weight excluding hydrogens is 242 g/mol. The summed E-state index contributed by atoms with van der Waals surface area (Å²) in [5.41, 5.74) is 0.811. The first-order chi connectivity index (χ1) is 9.24. The third-order valence-electron chi connectivity index (χ3n) is 4.76. The van der Waals surface area contributed by atoms with E-state index in [0.717, 1.165) is 44.8 Å². The standard InChI is InChI=1S/C14H23N3O2/c1-16-12(4-7-15-16)13(18)14(5-2-3-6-14)17-8-10-19-11-9-17/h4,7,13,18H,2-3,5-6,8-11H2,1H3. The zero-order valence-electron chi connectivity index (χ0n) is 11.6. The monoisotopic (exact) mass is 265 g/mol. The maximum absolute atomic E-state index is 10.9. The van der Waals surface area contributed by atoms with Gasteiger partial charge >= 0.3 is 0 Å². The number of aryl methyl sites for hydroxylation is 1. The molecule has 2 heterocycles. The summed E-state index contributed by atoms with van der Waals surface area (Å²) in [6, 6.07) is 1.94. The van der Waals surface area contributed by atoms with Gasteiger partial charge in [-0.25, -0.2) is 0 Å². The van der Waals surface area contributed by atoms with Gasteiger partial charge < -0.3 is 9.84 Å². The average molecular weight is 265 g/mol. The van der Waals surface area contributed by atoms with E-state index < -0.39 is 6.10 Å². The van der Waals surface area contributed by atoms with E-state index in [2.05, 4.69) is 10.00 Å². The van der Waals surface area contributed by atoms with E-state index in [1.807, 2.05) is 13.1 Å². The number of rotatable bonds is 3. The lowest BCUT2D eigenvalue weighted by Gasteiger charge is -2.46. The van der Waals surface area contributed by atoms with Crippen LogP contribution in [0.5, 0.6) is 0 Å². The summed E-state index contributed by atoms with van der Waals surface area (Å²) < 4.78 is 7.25. The van der Waals surface area contributed by atoms with Gasteiger partial charge in [0.25, 0.3) is 0 Å². The molecule has 1 unspecified atom stereocenters. The van der Waals surface area contributed by atoms with Crippen LogP contribution in [0.1, 0.15) is 37.5 Å². The lowest BCUT2D eigenvalue weighted by Crippen LogP contribution is -2.55. The van der Waals surface area contributed by atoms with E-state index in [0.29, 0.717) is 0 Å². The Labute approximate surface area is 114 Å². The molecular formula is C14H23N3O2. The first kappa shape index (κ1) is 13.1. The molecule has 2 fully saturated rings. The number of morpholine rings is 1. The van der Waals surface area contributed by atoms with Crippen LogP contribution in [-0.2, 0) is 11.8 Å². The van der Waals surface area contributed by atoms with Gasteiger partial charge in [-0.2, -0.15) is 5.10 Å². The summed E-state index contributed by atoms with van der Waals surface area (Å²) >= 11 is 0. The van der Waals surface area contributed by atoms with Crippen LogP contribution in [0.2, 0.25) is 0 Å². The van der Waals surface area contributed by atoms with Crippen LogP contribution < -0.4 is 0 Å². The average Bonchev–Trinajstić information content (AvgIpc) is 3.08. The fraction of sp³-hybridized carbons (Fsp3) is 0.786. The third-order valence-corrected chi connectivity index (χ3v) is 4.76. The van der Waals surface area contributed by atoms with Gasteiger partial charge in [0, 0.05) is 26.3 Å². The number of aliphatic hydroxyl groups is 1. The molecule has 1 aliphatic heterocycles. The minimum atomic E-state index is -0.458. The fourth-order valence-corrected chi connectivity index (χ4v) is 3.69. The van der Waals surface area contributed by atoms with Gasteiger partial charge in [-0.05, 0) is 18.9 Å². The first-order valence-electron chi connectivity index (χ1n) is 7.23. The molecule has 0 aromatic carbocycles. The van der Waals surface area contributed by atoms with Crippen molar-refractivity contribution in [3.05, 3.63) is 18.0 Å². The van der Waals surface area contributed by atoms with E-state index in [1.165, 1.54) is 12.8 Å². The summed E-state index contributed by atoms with van der Waals surface area (Å²) in [5, 5.41) is 15.1. The van der Waals surface area contributed by atoms with Crippen LogP contribution in [0.3, 0.4) is 0 Å². The van der Waals surface area contributed by atoms with Crippen molar-refractivity contribution in [1.82, 2.24) is 14.7 Å². The summed E-state index contributed by atoms with van der Waals surface area (Å²) in [7, 11) is 1.90.